The Bertz CT molecular complexity index is 1320. The maximum Gasteiger partial charge on any atom is 0.305 e. The molecule has 0 atom stereocenters. The number of rotatable bonds is 9. The van der Waals surface area contributed by atoms with Crippen molar-refractivity contribution in [2.24, 2.45) is 0 Å². The molecule has 1 heterocycles. The number of hydrogen-bond donors (Lipinski definition) is 0. The Balaban J connectivity index is 1.52. The van der Waals surface area contributed by atoms with Gasteiger partial charge in [-0.3, -0.25) is 4.79 Å². The summed E-state index contributed by atoms with van der Waals surface area (Å²) < 4.78 is 5.31. The van der Waals surface area contributed by atoms with Crippen LogP contribution in [-0.4, -0.2) is 48.1 Å². The largest absolute Gasteiger partial charge is 0.466 e. The summed E-state index contributed by atoms with van der Waals surface area (Å²) >= 11 is 12.4. The van der Waals surface area contributed by atoms with Crippen molar-refractivity contribution in [3.8, 4) is 11.1 Å². The van der Waals surface area contributed by atoms with Gasteiger partial charge in [-0.25, -0.2) is 9.97 Å². The van der Waals surface area contributed by atoms with E-state index in [-0.39, 0.29) is 5.97 Å². The third-order valence-electron chi connectivity index (χ3n) is 5.66. The predicted molar refractivity (Wildman–Crippen MR) is 140 cm³/mol. The van der Waals surface area contributed by atoms with Crippen LogP contribution in [0.25, 0.3) is 32.8 Å². The first-order valence-corrected chi connectivity index (χ1v) is 12.1. The van der Waals surface area contributed by atoms with E-state index < -0.39 is 0 Å². The molecular formula is C27H27Cl2N3O2. The lowest BCUT2D eigenvalue weighted by atomic mass is 9.96. The Morgan fingerprint density at radius 2 is 1.79 bits per heavy atom. The van der Waals surface area contributed by atoms with Crippen molar-refractivity contribution in [1.29, 1.82) is 0 Å². The van der Waals surface area contributed by atoms with Gasteiger partial charge in [0.2, 0.25) is 0 Å². The molecule has 3 aromatic carbocycles. The second-order valence-electron chi connectivity index (χ2n) is 8.55. The Kier molecular flexibility index (Phi) is 7.99. The lowest BCUT2D eigenvalue weighted by Crippen LogP contribution is -2.16. The van der Waals surface area contributed by atoms with Gasteiger partial charge in [-0.1, -0.05) is 53.5 Å². The van der Waals surface area contributed by atoms with Crippen LogP contribution in [0, 0.1) is 0 Å². The third kappa shape index (κ3) is 5.84. The van der Waals surface area contributed by atoms with Crippen LogP contribution in [0.2, 0.25) is 10.0 Å². The van der Waals surface area contributed by atoms with Crippen LogP contribution < -0.4 is 0 Å². The molecule has 1 aromatic heterocycles. The first-order chi connectivity index (χ1) is 16.4. The summed E-state index contributed by atoms with van der Waals surface area (Å²) in [4.78, 5) is 23.5. The lowest BCUT2D eigenvalue weighted by Gasteiger charge is -2.12. The molecule has 176 valence electrons. The van der Waals surface area contributed by atoms with E-state index in [1.165, 1.54) is 0 Å². The van der Waals surface area contributed by atoms with E-state index in [9.17, 15) is 4.79 Å². The molecule has 4 rings (SSSR count). The molecule has 0 aliphatic carbocycles. The quantitative estimate of drug-likeness (QED) is 0.149. The minimum absolute atomic E-state index is 0.170. The number of ether oxygens (including phenoxy) is 1. The molecule has 0 amide bonds. The summed E-state index contributed by atoms with van der Waals surface area (Å²) in [6.07, 6.45) is 4.32. The smallest absolute Gasteiger partial charge is 0.305 e. The summed E-state index contributed by atoms with van der Waals surface area (Å²) in [6.45, 7) is 1.36. The van der Waals surface area contributed by atoms with Crippen molar-refractivity contribution < 1.29 is 9.53 Å². The number of nitrogens with zero attached hydrogens (tertiary/aromatic N) is 3. The van der Waals surface area contributed by atoms with E-state index in [4.69, 9.17) is 32.9 Å². The van der Waals surface area contributed by atoms with E-state index in [0.717, 1.165) is 51.6 Å². The zero-order valence-electron chi connectivity index (χ0n) is 19.4. The highest BCUT2D eigenvalue weighted by atomic mass is 35.5. The number of carbonyl (C=O) groups is 1. The van der Waals surface area contributed by atoms with E-state index in [2.05, 4.69) is 28.1 Å². The monoisotopic (exact) mass is 495 g/mol. The Hall–Kier alpha value is -2.73. The van der Waals surface area contributed by atoms with Crippen LogP contribution in [0.4, 0.5) is 0 Å². The molecule has 0 aliphatic rings. The molecule has 5 nitrogen and oxygen atoms in total. The van der Waals surface area contributed by atoms with E-state index in [1.54, 1.807) is 0 Å². The van der Waals surface area contributed by atoms with Crippen molar-refractivity contribution in [2.45, 2.75) is 25.7 Å². The average molecular weight is 496 g/mol. The second kappa shape index (κ2) is 11.1. The summed E-state index contributed by atoms with van der Waals surface area (Å²) in [7, 11) is 4.01. The molecule has 7 heteroatoms. The Morgan fingerprint density at radius 1 is 1.00 bits per heavy atom. The van der Waals surface area contributed by atoms with Crippen molar-refractivity contribution >= 4 is 50.8 Å². The van der Waals surface area contributed by atoms with Gasteiger partial charge in [0.1, 0.15) is 5.82 Å². The van der Waals surface area contributed by atoms with Gasteiger partial charge in [-0.15, -0.1) is 0 Å². The minimum atomic E-state index is -0.170. The third-order valence-corrected chi connectivity index (χ3v) is 6.40. The van der Waals surface area contributed by atoms with Crippen molar-refractivity contribution in [1.82, 2.24) is 14.9 Å². The van der Waals surface area contributed by atoms with Gasteiger partial charge >= 0.3 is 5.97 Å². The molecule has 34 heavy (non-hydrogen) atoms. The first kappa shape index (κ1) is 24.4. The van der Waals surface area contributed by atoms with Crippen LogP contribution in [0.3, 0.4) is 0 Å². The number of fused-ring (bicyclic) bond motifs is 3. The maximum absolute atomic E-state index is 12.0. The Labute approximate surface area is 209 Å². The van der Waals surface area contributed by atoms with E-state index >= 15 is 0 Å². The highest BCUT2D eigenvalue weighted by molar-refractivity contribution is 6.42. The maximum atomic E-state index is 12.0. The van der Waals surface area contributed by atoms with E-state index in [0.29, 0.717) is 35.9 Å². The summed E-state index contributed by atoms with van der Waals surface area (Å²) in [5.74, 6) is 0.552. The van der Waals surface area contributed by atoms with Crippen LogP contribution in [0.15, 0.2) is 54.7 Å². The summed E-state index contributed by atoms with van der Waals surface area (Å²) in [6, 6.07) is 15.9. The summed E-state index contributed by atoms with van der Waals surface area (Å²) in [5.41, 5.74) is 2.94. The molecule has 0 N–H and O–H groups in total. The normalized spacial score (nSPS) is 11.4. The van der Waals surface area contributed by atoms with Gasteiger partial charge in [0, 0.05) is 36.4 Å². The average Bonchev–Trinajstić information content (AvgIpc) is 2.83. The molecule has 4 aromatic rings. The number of carbonyl (C=O) groups excluding carboxylic acids is 1. The lowest BCUT2D eigenvalue weighted by molar-refractivity contribution is -0.143. The molecule has 0 saturated carbocycles. The molecule has 0 radical (unpaired) electrons. The minimum Gasteiger partial charge on any atom is -0.466 e. The van der Waals surface area contributed by atoms with Crippen molar-refractivity contribution in [3.63, 3.8) is 0 Å². The van der Waals surface area contributed by atoms with Crippen molar-refractivity contribution in [2.75, 3.05) is 27.2 Å². The molecule has 0 bridgehead atoms. The molecule has 0 saturated heterocycles. The standard InChI is InChI=1S/C27H27Cl2N3O2/c1-32(2)13-6-14-34-26(33)10-5-9-25-30-17-19-15-22(18-11-12-23(28)24(29)16-18)20-7-3-4-8-21(20)27(19)31-25/h3-4,7-8,11-12,15-17H,5-6,9-10,13-14H2,1-2H3. The summed E-state index contributed by atoms with van der Waals surface area (Å²) in [5, 5.41) is 4.13. The fourth-order valence-electron chi connectivity index (χ4n) is 3.96. The predicted octanol–water partition coefficient (Wildman–Crippen LogP) is 6.57. The van der Waals surface area contributed by atoms with Gasteiger partial charge in [0.05, 0.1) is 22.2 Å². The molecule has 0 aliphatic heterocycles. The van der Waals surface area contributed by atoms with Crippen LogP contribution in [0.5, 0.6) is 0 Å². The first-order valence-electron chi connectivity index (χ1n) is 11.4. The fourth-order valence-corrected chi connectivity index (χ4v) is 4.26. The van der Waals surface area contributed by atoms with Crippen LogP contribution >= 0.6 is 23.2 Å². The second-order valence-corrected chi connectivity index (χ2v) is 9.37. The highest BCUT2D eigenvalue weighted by Gasteiger charge is 2.12. The molecular weight excluding hydrogens is 469 g/mol. The van der Waals surface area contributed by atoms with Crippen molar-refractivity contribution in [3.05, 3.63) is 70.6 Å². The van der Waals surface area contributed by atoms with Gasteiger partial charge < -0.3 is 9.64 Å². The van der Waals surface area contributed by atoms with Gasteiger partial charge in [-0.05, 0) is 61.6 Å². The highest BCUT2D eigenvalue weighted by Crippen LogP contribution is 2.36. The SMILES string of the molecule is CN(C)CCCOC(=O)CCCc1ncc2cc(-c3ccc(Cl)c(Cl)c3)c3ccccc3c2n1. The van der Waals surface area contributed by atoms with Gasteiger partial charge in [0.25, 0.3) is 0 Å². The van der Waals surface area contributed by atoms with Crippen LogP contribution in [-0.2, 0) is 16.0 Å². The topological polar surface area (TPSA) is 55.3 Å². The van der Waals surface area contributed by atoms with Gasteiger partial charge in [0.15, 0.2) is 0 Å². The zero-order chi connectivity index (χ0) is 24.1. The molecule has 0 unspecified atom stereocenters. The molecule has 0 spiro atoms. The number of aromatic nitrogens is 2. The van der Waals surface area contributed by atoms with Gasteiger partial charge in [-0.2, -0.15) is 0 Å². The van der Waals surface area contributed by atoms with Crippen LogP contribution in [0.1, 0.15) is 25.1 Å². The number of aryl methyl sites for hydroxylation is 1. The number of hydrogen-bond acceptors (Lipinski definition) is 5. The molecule has 0 fully saturated rings. The fraction of sp³-hybridized carbons (Fsp3) is 0.296. The number of halogens is 2. The zero-order valence-corrected chi connectivity index (χ0v) is 20.9. The number of esters is 1. The number of benzene rings is 3. The Morgan fingerprint density at radius 3 is 2.56 bits per heavy atom. The van der Waals surface area contributed by atoms with E-state index in [1.807, 2.05) is 50.6 Å².